The summed E-state index contributed by atoms with van der Waals surface area (Å²) in [4.78, 5) is 26.3. The van der Waals surface area contributed by atoms with Crippen LogP contribution in [-0.4, -0.2) is 26.6 Å². The lowest BCUT2D eigenvalue weighted by Gasteiger charge is -2.11. The highest BCUT2D eigenvalue weighted by molar-refractivity contribution is 7.99. The Morgan fingerprint density at radius 2 is 1.96 bits per heavy atom. The second-order valence-electron chi connectivity index (χ2n) is 6.09. The molecule has 0 aliphatic rings. The van der Waals surface area contributed by atoms with Crippen molar-refractivity contribution in [3.63, 3.8) is 0 Å². The number of hydrogen-bond donors (Lipinski definition) is 1. The van der Waals surface area contributed by atoms with Crippen molar-refractivity contribution in [1.29, 1.82) is 0 Å². The molecular weight excluding hydrogens is 368 g/mol. The molecule has 0 aliphatic heterocycles. The van der Waals surface area contributed by atoms with Crippen LogP contribution in [0.4, 0.5) is 5.69 Å². The molecule has 0 saturated carbocycles. The molecule has 138 valence electrons. The summed E-state index contributed by atoms with van der Waals surface area (Å²) >= 11 is 1.66. The number of benzene rings is 1. The number of aromatic nitrogens is 3. The van der Waals surface area contributed by atoms with Gasteiger partial charge in [0.1, 0.15) is 0 Å². The van der Waals surface area contributed by atoms with Gasteiger partial charge in [-0.25, -0.2) is 9.97 Å². The Balaban J connectivity index is 1.71. The van der Waals surface area contributed by atoms with Crippen LogP contribution in [0.25, 0.3) is 22.2 Å². The first-order valence-corrected chi connectivity index (χ1v) is 9.93. The van der Waals surface area contributed by atoms with Crippen molar-refractivity contribution < 1.29 is 4.79 Å². The van der Waals surface area contributed by atoms with Crippen LogP contribution in [-0.2, 0) is 0 Å². The smallest absolute Gasteiger partial charge is 0.256 e. The molecule has 1 N–H and O–H groups in total. The Morgan fingerprint density at radius 1 is 1.07 bits per heavy atom. The maximum atomic E-state index is 13.0. The van der Waals surface area contributed by atoms with Gasteiger partial charge in [0.2, 0.25) is 0 Å². The average molecular weight is 386 g/mol. The summed E-state index contributed by atoms with van der Waals surface area (Å²) in [5, 5.41) is 4.69. The van der Waals surface area contributed by atoms with E-state index >= 15 is 0 Å². The molecule has 0 atom stereocenters. The van der Waals surface area contributed by atoms with Gasteiger partial charge in [-0.2, -0.15) is 0 Å². The molecule has 0 spiro atoms. The zero-order valence-corrected chi connectivity index (χ0v) is 16.1. The Bertz CT molecular complexity index is 1110. The minimum Gasteiger partial charge on any atom is -0.321 e. The Kier molecular flexibility index (Phi) is 5.30. The van der Waals surface area contributed by atoms with Gasteiger partial charge in [0.15, 0.2) is 0 Å². The fraction of sp³-hybridized carbons (Fsp3) is 0.0909. The molecule has 1 amide bonds. The van der Waals surface area contributed by atoms with E-state index in [9.17, 15) is 4.79 Å². The molecule has 6 heteroatoms. The van der Waals surface area contributed by atoms with Crippen molar-refractivity contribution in [1.82, 2.24) is 15.0 Å². The van der Waals surface area contributed by atoms with Gasteiger partial charge in [-0.3, -0.25) is 9.78 Å². The molecule has 4 rings (SSSR count). The molecule has 3 heterocycles. The summed E-state index contributed by atoms with van der Waals surface area (Å²) in [6, 6.07) is 17.0. The third-order valence-electron chi connectivity index (χ3n) is 4.20. The second kappa shape index (κ2) is 8.19. The maximum Gasteiger partial charge on any atom is 0.256 e. The van der Waals surface area contributed by atoms with Gasteiger partial charge in [0.25, 0.3) is 5.91 Å². The van der Waals surface area contributed by atoms with Gasteiger partial charge in [-0.15, -0.1) is 11.8 Å². The van der Waals surface area contributed by atoms with E-state index in [-0.39, 0.29) is 5.91 Å². The number of para-hydroxylation sites is 1. The number of rotatable bonds is 5. The summed E-state index contributed by atoms with van der Waals surface area (Å²) in [5.74, 6) is 0.764. The number of carbonyl (C=O) groups excluding carboxylic acids is 1. The fourth-order valence-corrected chi connectivity index (χ4v) is 3.50. The average Bonchev–Trinajstić information content (AvgIpc) is 2.75. The van der Waals surface area contributed by atoms with E-state index in [1.54, 1.807) is 30.4 Å². The van der Waals surface area contributed by atoms with Crippen molar-refractivity contribution >= 4 is 34.3 Å². The van der Waals surface area contributed by atoms with Crippen LogP contribution in [0, 0.1) is 0 Å². The predicted molar refractivity (Wildman–Crippen MR) is 114 cm³/mol. The number of carbonyl (C=O) groups is 1. The number of hydrogen-bond acceptors (Lipinski definition) is 5. The van der Waals surface area contributed by atoms with E-state index < -0.39 is 0 Å². The molecule has 0 bridgehead atoms. The zero-order chi connectivity index (χ0) is 19.3. The highest BCUT2D eigenvalue weighted by atomic mass is 32.2. The first-order valence-electron chi connectivity index (χ1n) is 8.95. The zero-order valence-electron chi connectivity index (χ0n) is 15.3. The molecule has 1 aromatic carbocycles. The fourth-order valence-electron chi connectivity index (χ4n) is 2.91. The molecule has 0 aliphatic carbocycles. The van der Waals surface area contributed by atoms with Crippen molar-refractivity contribution in [3.05, 3.63) is 78.8 Å². The number of nitrogens with one attached hydrogen (secondary N) is 1. The van der Waals surface area contributed by atoms with Crippen molar-refractivity contribution in [2.24, 2.45) is 0 Å². The van der Waals surface area contributed by atoms with Crippen LogP contribution >= 0.6 is 11.8 Å². The lowest BCUT2D eigenvalue weighted by molar-refractivity contribution is 0.102. The first-order chi connectivity index (χ1) is 13.7. The van der Waals surface area contributed by atoms with Crippen LogP contribution in [0.15, 0.2) is 78.2 Å². The van der Waals surface area contributed by atoms with E-state index in [4.69, 9.17) is 4.98 Å². The topological polar surface area (TPSA) is 67.8 Å². The minimum absolute atomic E-state index is 0.193. The Hall–Kier alpha value is -3.25. The first kappa shape index (κ1) is 18.1. The molecule has 4 aromatic rings. The summed E-state index contributed by atoms with van der Waals surface area (Å²) in [7, 11) is 0. The van der Waals surface area contributed by atoms with Crippen LogP contribution < -0.4 is 5.32 Å². The van der Waals surface area contributed by atoms with Gasteiger partial charge in [0.05, 0.1) is 33.7 Å². The summed E-state index contributed by atoms with van der Waals surface area (Å²) in [6.07, 6.45) is 5.14. The van der Waals surface area contributed by atoms with Gasteiger partial charge in [0, 0.05) is 23.3 Å². The molecule has 28 heavy (non-hydrogen) atoms. The largest absolute Gasteiger partial charge is 0.321 e. The lowest BCUT2D eigenvalue weighted by atomic mass is 10.0. The third-order valence-corrected chi connectivity index (χ3v) is 5.03. The molecule has 0 saturated heterocycles. The van der Waals surface area contributed by atoms with Gasteiger partial charge < -0.3 is 5.32 Å². The minimum atomic E-state index is -0.193. The van der Waals surface area contributed by atoms with Crippen LogP contribution in [0.2, 0.25) is 0 Å². The highest BCUT2D eigenvalue weighted by Gasteiger charge is 2.14. The van der Waals surface area contributed by atoms with E-state index in [2.05, 4.69) is 22.2 Å². The van der Waals surface area contributed by atoms with Crippen LogP contribution in [0.1, 0.15) is 17.3 Å². The summed E-state index contributed by atoms with van der Waals surface area (Å²) < 4.78 is 0. The van der Waals surface area contributed by atoms with Crippen LogP contribution in [0.3, 0.4) is 0 Å². The summed E-state index contributed by atoms with van der Waals surface area (Å²) in [6.45, 7) is 2.08. The summed E-state index contributed by atoms with van der Waals surface area (Å²) in [5.41, 5.74) is 3.57. The molecule has 3 aromatic heterocycles. The Labute approximate surface area is 167 Å². The second-order valence-corrected chi connectivity index (χ2v) is 7.37. The van der Waals surface area contributed by atoms with Crippen molar-refractivity contribution in [2.75, 3.05) is 11.1 Å². The predicted octanol–water partition coefficient (Wildman–Crippen LogP) is 5.06. The number of nitrogens with zero attached hydrogens (tertiary/aromatic N) is 3. The number of fused-ring (bicyclic) bond motifs is 1. The van der Waals surface area contributed by atoms with Gasteiger partial charge in [-0.1, -0.05) is 25.1 Å². The number of amides is 1. The van der Waals surface area contributed by atoms with Crippen molar-refractivity contribution in [2.45, 2.75) is 11.9 Å². The molecule has 5 nitrogen and oxygen atoms in total. The lowest BCUT2D eigenvalue weighted by Crippen LogP contribution is -2.13. The standard InChI is InChI=1S/C22H18N4OS/c1-2-28-21-10-9-16(14-24-21)25-22(27)18-12-20(15-6-5-11-23-13-15)26-19-8-4-3-7-17(18)19/h3-14H,2H2,1H3,(H,25,27). The molecule has 0 fully saturated rings. The van der Waals surface area contributed by atoms with E-state index in [0.29, 0.717) is 16.9 Å². The monoisotopic (exact) mass is 386 g/mol. The maximum absolute atomic E-state index is 13.0. The molecule has 0 unspecified atom stereocenters. The van der Waals surface area contributed by atoms with Gasteiger partial charge >= 0.3 is 0 Å². The third kappa shape index (κ3) is 3.87. The van der Waals surface area contributed by atoms with E-state index in [1.807, 2.05) is 54.6 Å². The number of anilines is 1. The molecule has 0 radical (unpaired) electrons. The SMILES string of the molecule is CCSc1ccc(NC(=O)c2cc(-c3cccnc3)nc3ccccc23)cn1. The van der Waals surface area contributed by atoms with Crippen molar-refractivity contribution in [3.8, 4) is 11.3 Å². The Morgan fingerprint density at radius 3 is 2.71 bits per heavy atom. The van der Waals surface area contributed by atoms with Gasteiger partial charge in [-0.05, 0) is 42.2 Å². The van der Waals surface area contributed by atoms with Crippen LogP contribution in [0.5, 0.6) is 0 Å². The quantitative estimate of drug-likeness (QED) is 0.486. The molecular formula is C22H18N4OS. The normalized spacial score (nSPS) is 10.8. The van der Waals surface area contributed by atoms with E-state index in [0.717, 1.165) is 27.2 Å². The van der Waals surface area contributed by atoms with E-state index in [1.165, 1.54) is 0 Å². The highest BCUT2D eigenvalue weighted by Crippen LogP contribution is 2.25. The number of pyridine rings is 3. The number of thioether (sulfide) groups is 1.